The van der Waals surface area contributed by atoms with Gasteiger partial charge in [-0.1, -0.05) is 60.6 Å². The van der Waals surface area contributed by atoms with Gasteiger partial charge >= 0.3 is 0 Å². The Labute approximate surface area is 157 Å². The molecule has 0 unspecified atom stereocenters. The minimum absolute atomic E-state index is 0.391. The molecule has 0 amide bonds. The smallest absolute Gasteiger partial charge is 0.191 e. The van der Waals surface area contributed by atoms with Crippen molar-refractivity contribution in [3.05, 3.63) is 70.5 Å². The third kappa shape index (κ3) is 4.55. The molecule has 25 heavy (non-hydrogen) atoms. The van der Waals surface area contributed by atoms with Gasteiger partial charge in [-0.05, 0) is 35.7 Å². The summed E-state index contributed by atoms with van der Waals surface area (Å²) in [7, 11) is 1.95. The van der Waals surface area contributed by atoms with Gasteiger partial charge in [0, 0.05) is 17.8 Å². The zero-order chi connectivity index (χ0) is 17.6. The lowest BCUT2D eigenvalue weighted by molar-refractivity contribution is 0.290. The molecule has 1 heterocycles. The molecule has 0 aliphatic carbocycles. The van der Waals surface area contributed by atoms with E-state index >= 15 is 0 Å². The van der Waals surface area contributed by atoms with E-state index in [0.29, 0.717) is 6.61 Å². The van der Waals surface area contributed by atoms with Gasteiger partial charge < -0.3 is 9.30 Å². The van der Waals surface area contributed by atoms with Gasteiger partial charge in [0.05, 0.1) is 0 Å². The van der Waals surface area contributed by atoms with Crippen LogP contribution < -0.4 is 4.74 Å². The first-order valence-electron chi connectivity index (χ1n) is 8.13. The van der Waals surface area contributed by atoms with Crippen LogP contribution in [0.4, 0.5) is 0 Å². The highest BCUT2D eigenvalue weighted by atomic mass is 35.5. The maximum Gasteiger partial charge on any atom is 0.191 e. The molecule has 0 radical (unpaired) electrons. The van der Waals surface area contributed by atoms with Gasteiger partial charge in [-0.25, -0.2) is 0 Å². The predicted octanol–water partition coefficient (Wildman–Crippen LogP) is 4.90. The Bertz CT molecular complexity index is 833. The molecule has 130 valence electrons. The van der Waals surface area contributed by atoms with Crippen molar-refractivity contribution in [2.45, 2.75) is 30.9 Å². The molecule has 0 N–H and O–H groups in total. The first kappa shape index (κ1) is 17.8. The van der Waals surface area contributed by atoms with Crippen molar-refractivity contribution in [1.82, 2.24) is 14.8 Å². The number of aromatic nitrogens is 3. The second-order valence-corrected chi connectivity index (χ2v) is 6.97. The van der Waals surface area contributed by atoms with Gasteiger partial charge in [-0.2, -0.15) is 0 Å². The highest BCUT2D eigenvalue weighted by Crippen LogP contribution is 2.25. The summed E-state index contributed by atoms with van der Waals surface area (Å²) >= 11 is 7.81. The highest BCUT2D eigenvalue weighted by Gasteiger charge is 2.11. The molecule has 2 aromatic carbocycles. The van der Waals surface area contributed by atoms with Crippen LogP contribution in [0.1, 0.15) is 23.9 Å². The van der Waals surface area contributed by atoms with Crippen molar-refractivity contribution in [3.8, 4) is 5.75 Å². The van der Waals surface area contributed by atoms with E-state index in [-0.39, 0.29) is 0 Å². The summed E-state index contributed by atoms with van der Waals surface area (Å²) in [6.45, 7) is 2.53. The number of benzene rings is 2. The van der Waals surface area contributed by atoms with Crippen molar-refractivity contribution in [3.63, 3.8) is 0 Å². The van der Waals surface area contributed by atoms with Crippen LogP contribution in [0.25, 0.3) is 0 Å². The normalized spacial score (nSPS) is 10.8. The van der Waals surface area contributed by atoms with E-state index in [1.165, 1.54) is 5.56 Å². The summed E-state index contributed by atoms with van der Waals surface area (Å²) in [6.07, 6.45) is 1.02. The van der Waals surface area contributed by atoms with Crippen LogP contribution in [-0.2, 0) is 25.8 Å². The van der Waals surface area contributed by atoms with Crippen molar-refractivity contribution in [2.24, 2.45) is 7.05 Å². The van der Waals surface area contributed by atoms with Gasteiger partial charge in [0.1, 0.15) is 12.4 Å². The lowest BCUT2D eigenvalue weighted by Crippen LogP contribution is -2.04. The van der Waals surface area contributed by atoms with Crippen LogP contribution in [0.15, 0.2) is 53.7 Å². The Morgan fingerprint density at radius 2 is 1.84 bits per heavy atom. The summed E-state index contributed by atoms with van der Waals surface area (Å²) in [4.78, 5) is 0. The van der Waals surface area contributed by atoms with Crippen LogP contribution in [0.3, 0.4) is 0 Å². The molecule has 0 saturated heterocycles. The van der Waals surface area contributed by atoms with E-state index < -0.39 is 0 Å². The van der Waals surface area contributed by atoms with Gasteiger partial charge in [0.2, 0.25) is 0 Å². The molecule has 3 aromatic rings. The number of hydrogen-bond acceptors (Lipinski definition) is 4. The maximum absolute atomic E-state index is 6.20. The van der Waals surface area contributed by atoms with Gasteiger partial charge in [-0.15, -0.1) is 10.2 Å². The van der Waals surface area contributed by atoms with Crippen molar-refractivity contribution >= 4 is 23.4 Å². The first-order chi connectivity index (χ1) is 12.2. The van der Waals surface area contributed by atoms with E-state index in [1.807, 2.05) is 48.0 Å². The van der Waals surface area contributed by atoms with Gasteiger partial charge in [0.25, 0.3) is 0 Å². The SMILES string of the molecule is CCc1ccc(OCc2nnc(SCc3ccccc3Cl)n2C)cc1. The molecule has 0 aliphatic heterocycles. The fourth-order valence-corrected chi connectivity index (χ4v) is 3.54. The maximum atomic E-state index is 6.20. The minimum Gasteiger partial charge on any atom is -0.486 e. The van der Waals surface area contributed by atoms with Crippen LogP contribution in [-0.4, -0.2) is 14.8 Å². The highest BCUT2D eigenvalue weighted by molar-refractivity contribution is 7.98. The van der Waals surface area contributed by atoms with E-state index in [0.717, 1.165) is 39.5 Å². The molecule has 0 spiro atoms. The zero-order valence-corrected chi connectivity index (χ0v) is 15.8. The summed E-state index contributed by atoms with van der Waals surface area (Å²) in [6, 6.07) is 16.0. The predicted molar refractivity (Wildman–Crippen MR) is 102 cm³/mol. The molecule has 0 bridgehead atoms. The third-order valence-electron chi connectivity index (χ3n) is 3.94. The van der Waals surface area contributed by atoms with Crippen molar-refractivity contribution in [1.29, 1.82) is 0 Å². The fraction of sp³-hybridized carbons (Fsp3) is 0.263. The molecule has 1 aromatic heterocycles. The van der Waals surface area contributed by atoms with Crippen LogP contribution in [0, 0.1) is 0 Å². The number of thioether (sulfide) groups is 1. The lowest BCUT2D eigenvalue weighted by Gasteiger charge is -2.07. The molecule has 0 saturated carbocycles. The molecular formula is C19H20ClN3OS. The van der Waals surface area contributed by atoms with Crippen LogP contribution >= 0.6 is 23.4 Å². The summed E-state index contributed by atoms with van der Waals surface area (Å²) in [5.41, 5.74) is 2.38. The number of ether oxygens (including phenoxy) is 1. The average molecular weight is 374 g/mol. The average Bonchev–Trinajstić information content (AvgIpc) is 2.99. The second kappa shape index (κ2) is 8.41. The zero-order valence-electron chi connectivity index (χ0n) is 14.3. The third-order valence-corrected chi connectivity index (χ3v) is 5.38. The van der Waals surface area contributed by atoms with E-state index in [9.17, 15) is 0 Å². The number of halogens is 1. The molecule has 0 aliphatic rings. The first-order valence-corrected chi connectivity index (χ1v) is 9.50. The second-order valence-electron chi connectivity index (χ2n) is 5.62. The molecule has 4 nitrogen and oxygen atoms in total. The Hall–Kier alpha value is -1.98. The Balaban J connectivity index is 1.59. The molecule has 6 heteroatoms. The Morgan fingerprint density at radius 3 is 2.56 bits per heavy atom. The van der Waals surface area contributed by atoms with E-state index in [1.54, 1.807) is 11.8 Å². The molecule has 3 rings (SSSR count). The van der Waals surface area contributed by atoms with Gasteiger partial charge in [-0.3, -0.25) is 0 Å². The molecule has 0 atom stereocenters. The summed E-state index contributed by atoms with van der Waals surface area (Å²) in [5.74, 6) is 2.39. The molecular weight excluding hydrogens is 354 g/mol. The molecule has 0 fully saturated rings. The number of aryl methyl sites for hydroxylation is 1. The fourth-order valence-electron chi connectivity index (χ4n) is 2.32. The quantitative estimate of drug-likeness (QED) is 0.552. The van der Waals surface area contributed by atoms with E-state index in [2.05, 4.69) is 29.3 Å². The van der Waals surface area contributed by atoms with Crippen molar-refractivity contribution in [2.75, 3.05) is 0 Å². The number of nitrogens with zero attached hydrogens (tertiary/aromatic N) is 3. The topological polar surface area (TPSA) is 39.9 Å². The number of rotatable bonds is 7. The Morgan fingerprint density at radius 1 is 1.08 bits per heavy atom. The van der Waals surface area contributed by atoms with Crippen LogP contribution in [0.5, 0.6) is 5.75 Å². The Kier molecular flexibility index (Phi) is 6.00. The standard InChI is InChI=1S/C19H20ClN3OS/c1-3-14-8-10-16(11-9-14)24-12-18-21-22-19(23(18)2)25-13-15-6-4-5-7-17(15)20/h4-11H,3,12-13H2,1-2H3. The van der Waals surface area contributed by atoms with E-state index in [4.69, 9.17) is 16.3 Å². The van der Waals surface area contributed by atoms with Gasteiger partial charge in [0.15, 0.2) is 11.0 Å². The number of hydrogen-bond donors (Lipinski definition) is 0. The summed E-state index contributed by atoms with van der Waals surface area (Å²) < 4.78 is 7.77. The van der Waals surface area contributed by atoms with Crippen LogP contribution in [0.2, 0.25) is 5.02 Å². The largest absolute Gasteiger partial charge is 0.486 e. The monoisotopic (exact) mass is 373 g/mol. The summed E-state index contributed by atoms with van der Waals surface area (Å²) in [5, 5.41) is 10.1. The minimum atomic E-state index is 0.391. The van der Waals surface area contributed by atoms with Crippen molar-refractivity contribution < 1.29 is 4.74 Å². The lowest BCUT2D eigenvalue weighted by atomic mass is 10.2.